The summed E-state index contributed by atoms with van der Waals surface area (Å²) in [4.78, 5) is 4.96. The normalized spacial score (nSPS) is 10.5. The van der Waals surface area contributed by atoms with Gasteiger partial charge in [0.05, 0.1) is 4.88 Å². The molecule has 19 heavy (non-hydrogen) atoms. The van der Waals surface area contributed by atoms with E-state index in [1.165, 1.54) is 17.4 Å². The third kappa shape index (κ3) is 3.63. The molecule has 1 aromatic carbocycles. The number of hydrogen-bond donors (Lipinski definition) is 1. The van der Waals surface area contributed by atoms with Crippen LogP contribution in [-0.4, -0.2) is 11.5 Å². The first-order chi connectivity index (χ1) is 9.10. The Morgan fingerprint density at radius 2 is 2.21 bits per heavy atom. The monoisotopic (exact) mass is 348 g/mol. The van der Waals surface area contributed by atoms with Crippen LogP contribution < -0.4 is 10.1 Å². The van der Waals surface area contributed by atoms with Gasteiger partial charge in [0.15, 0.2) is 16.7 Å². The molecule has 1 aromatic heterocycles. The fourth-order valence-electron chi connectivity index (χ4n) is 1.39. The molecule has 0 atom stereocenters. The molecule has 0 spiro atoms. The van der Waals surface area contributed by atoms with Gasteiger partial charge in [-0.1, -0.05) is 27.3 Å². The fraction of sp³-hybridized carbons (Fsp3) is 0.250. The maximum atomic E-state index is 13.5. The van der Waals surface area contributed by atoms with Crippen molar-refractivity contribution >= 4 is 32.4 Å². The molecule has 0 aliphatic rings. The average Bonchev–Trinajstić information content (AvgIpc) is 2.80. The largest absolute Gasteiger partial charge is 0.485 e. The SMILES string of the molecule is CCNc1ncc(COc2cc(Br)cc(F)c2F)s1. The first kappa shape index (κ1) is 14.2. The molecule has 0 bridgehead atoms. The van der Waals surface area contributed by atoms with Crippen LogP contribution in [0.15, 0.2) is 22.8 Å². The highest BCUT2D eigenvalue weighted by molar-refractivity contribution is 9.10. The molecule has 2 aromatic rings. The molecule has 0 radical (unpaired) electrons. The molecule has 0 amide bonds. The molecule has 0 fully saturated rings. The van der Waals surface area contributed by atoms with Crippen LogP contribution in [0, 0.1) is 11.6 Å². The third-order valence-electron chi connectivity index (χ3n) is 2.21. The number of hydrogen-bond acceptors (Lipinski definition) is 4. The number of aromatic nitrogens is 1. The Hall–Kier alpha value is -1.21. The predicted octanol–water partition coefficient (Wildman–Crippen LogP) is 4.19. The summed E-state index contributed by atoms with van der Waals surface area (Å²) < 4.78 is 32.3. The van der Waals surface area contributed by atoms with Gasteiger partial charge in [0, 0.05) is 17.2 Å². The van der Waals surface area contributed by atoms with Crippen molar-refractivity contribution in [2.24, 2.45) is 0 Å². The van der Waals surface area contributed by atoms with Crippen molar-refractivity contribution < 1.29 is 13.5 Å². The summed E-state index contributed by atoms with van der Waals surface area (Å²) in [7, 11) is 0. The van der Waals surface area contributed by atoms with E-state index in [0.717, 1.165) is 22.6 Å². The molecule has 102 valence electrons. The fourth-order valence-corrected chi connectivity index (χ4v) is 2.60. The molecule has 0 saturated heterocycles. The lowest BCUT2D eigenvalue weighted by Crippen LogP contribution is -1.97. The summed E-state index contributed by atoms with van der Waals surface area (Å²) in [6.07, 6.45) is 1.65. The van der Waals surface area contributed by atoms with E-state index in [0.29, 0.717) is 4.47 Å². The Bertz CT molecular complexity index is 577. The maximum Gasteiger partial charge on any atom is 0.200 e. The summed E-state index contributed by atoms with van der Waals surface area (Å²) in [5.74, 6) is -2.05. The second-order valence-corrected chi connectivity index (χ2v) is 5.68. The van der Waals surface area contributed by atoms with E-state index in [2.05, 4.69) is 26.2 Å². The van der Waals surface area contributed by atoms with Gasteiger partial charge in [-0.2, -0.15) is 4.39 Å². The molecule has 2 rings (SSSR count). The molecular formula is C12H11BrF2N2OS. The lowest BCUT2D eigenvalue weighted by Gasteiger charge is -2.06. The van der Waals surface area contributed by atoms with Crippen molar-refractivity contribution in [3.8, 4) is 5.75 Å². The van der Waals surface area contributed by atoms with E-state index in [-0.39, 0.29) is 12.4 Å². The smallest absolute Gasteiger partial charge is 0.200 e. The molecule has 3 nitrogen and oxygen atoms in total. The Kier molecular flexibility index (Phi) is 4.71. The molecule has 0 unspecified atom stereocenters. The van der Waals surface area contributed by atoms with Gasteiger partial charge in [-0.15, -0.1) is 0 Å². The Labute approximate surface area is 121 Å². The van der Waals surface area contributed by atoms with Crippen LogP contribution in [0.5, 0.6) is 5.75 Å². The van der Waals surface area contributed by atoms with E-state index in [1.807, 2.05) is 6.92 Å². The third-order valence-corrected chi connectivity index (χ3v) is 3.60. The highest BCUT2D eigenvalue weighted by atomic mass is 79.9. The second-order valence-electron chi connectivity index (χ2n) is 3.65. The van der Waals surface area contributed by atoms with E-state index < -0.39 is 11.6 Å². The van der Waals surface area contributed by atoms with Crippen molar-refractivity contribution in [2.45, 2.75) is 13.5 Å². The minimum atomic E-state index is -0.986. The van der Waals surface area contributed by atoms with Gasteiger partial charge >= 0.3 is 0 Å². The molecule has 0 aliphatic heterocycles. The van der Waals surface area contributed by atoms with Crippen LogP contribution >= 0.6 is 27.3 Å². The van der Waals surface area contributed by atoms with Crippen LogP contribution in [0.2, 0.25) is 0 Å². The topological polar surface area (TPSA) is 34.2 Å². The second kappa shape index (κ2) is 6.29. The van der Waals surface area contributed by atoms with Crippen molar-refractivity contribution in [2.75, 3.05) is 11.9 Å². The summed E-state index contributed by atoms with van der Waals surface area (Å²) in [5.41, 5.74) is 0. The van der Waals surface area contributed by atoms with Crippen molar-refractivity contribution in [3.63, 3.8) is 0 Å². The highest BCUT2D eigenvalue weighted by Crippen LogP contribution is 2.27. The number of ether oxygens (including phenoxy) is 1. The lowest BCUT2D eigenvalue weighted by molar-refractivity contribution is 0.287. The summed E-state index contributed by atoms with van der Waals surface area (Å²) in [6.45, 7) is 2.90. The molecule has 0 saturated carbocycles. The van der Waals surface area contributed by atoms with Gasteiger partial charge in [0.2, 0.25) is 5.82 Å². The average molecular weight is 349 g/mol. The van der Waals surface area contributed by atoms with Crippen LogP contribution in [0.1, 0.15) is 11.8 Å². The minimum Gasteiger partial charge on any atom is -0.485 e. The number of benzene rings is 1. The zero-order chi connectivity index (χ0) is 13.8. The van der Waals surface area contributed by atoms with Crippen LogP contribution in [-0.2, 0) is 6.61 Å². The Morgan fingerprint density at radius 1 is 1.42 bits per heavy atom. The zero-order valence-electron chi connectivity index (χ0n) is 10.0. The zero-order valence-corrected chi connectivity index (χ0v) is 12.4. The van der Waals surface area contributed by atoms with Gasteiger partial charge in [-0.05, 0) is 19.1 Å². The summed E-state index contributed by atoms with van der Waals surface area (Å²) in [6, 6.07) is 2.45. The maximum absolute atomic E-state index is 13.5. The summed E-state index contributed by atoms with van der Waals surface area (Å²) in [5, 5.41) is 3.85. The number of thiazole rings is 1. The van der Waals surface area contributed by atoms with Crippen molar-refractivity contribution in [1.82, 2.24) is 4.98 Å². The standard InChI is InChI=1S/C12H11BrF2N2OS/c1-2-16-12-17-5-8(19-12)6-18-10-4-7(13)3-9(14)11(10)15/h3-5H,2,6H2,1H3,(H,16,17). The molecular weight excluding hydrogens is 338 g/mol. The summed E-state index contributed by atoms with van der Waals surface area (Å²) >= 11 is 4.51. The number of nitrogens with one attached hydrogen (secondary N) is 1. The predicted molar refractivity (Wildman–Crippen MR) is 74.7 cm³/mol. The van der Waals surface area contributed by atoms with E-state index >= 15 is 0 Å². The van der Waals surface area contributed by atoms with Crippen LogP contribution in [0.3, 0.4) is 0 Å². The first-order valence-electron chi connectivity index (χ1n) is 5.56. The molecule has 1 heterocycles. The van der Waals surface area contributed by atoms with Gasteiger partial charge < -0.3 is 10.1 Å². The molecule has 1 N–H and O–H groups in total. The highest BCUT2D eigenvalue weighted by Gasteiger charge is 2.12. The van der Waals surface area contributed by atoms with E-state index in [4.69, 9.17) is 4.74 Å². The Morgan fingerprint density at radius 3 is 2.95 bits per heavy atom. The number of rotatable bonds is 5. The van der Waals surface area contributed by atoms with Gasteiger partial charge in [-0.25, -0.2) is 9.37 Å². The Balaban J connectivity index is 2.05. The van der Waals surface area contributed by atoms with E-state index in [1.54, 1.807) is 6.20 Å². The quantitative estimate of drug-likeness (QED) is 0.822. The van der Waals surface area contributed by atoms with E-state index in [9.17, 15) is 8.78 Å². The van der Waals surface area contributed by atoms with Crippen molar-refractivity contribution in [1.29, 1.82) is 0 Å². The molecule has 0 aliphatic carbocycles. The minimum absolute atomic E-state index is 0.120. The number of anilines is 1. The number of halogens is 3. The molecule has 7 heteroatoms. The van der Waals surface area contributed by atoms with Gasteiger partial charge in [0.25, 0.3) is 0 Å². The van der Waals surface area contributed by atoms with Gasteiger partial charge in [0.1, 0.15) is 6.61 Å². The van der Waals surface area contributed by atoms with Crippen molar-refractivity contribution in [3.05, 3.63) is 39.3 Å². The first-order valence-corrected chi connectivity index (χ1v) is 7.17. The van der Waals surface area contributed by atoms with Gasteiger partial charge in [-0.3, -0.25) is 0 Å². The lowest BCUT2D eigenvalue weighted by atomic mass is 10.3. The number of nitrogens with zero attached hydrogens (tertiary/aromatic N) is 1. The van der Waals surface area contributed by atoms with Crippen LogP contribution in [0.25, 0.3) is 0 Å². The van der Waals surface area contributed by atoms with Crippen LogP contribution in [0.4, 0.5) is 13.9 Å².